The summed E-state index contributed by atoms with van der Waals surface area (Å²) in [6.07, 6.45) is -12.6. The van der Waals surface area contributed by atoms with E-state index in [-0.39, 0.29) is 81.6 Å². The monoisotopic (exact) mass is 1210 g/mol. The second-order valence-corrected chi connectivity index (χ2v) is 26.1. The molecule has 2 saturated carbocycles. The highest BCUT2D eigenvalue weighted by atomic mass is 32.2. The Kier molecular flexibility index (Phi) is 16.0. The number of aromatic nitrogens is 2. The van der Waals surface area contributed by atoms with Gasteiger partial charge in [0.15, 0.2) is 31.8 Å². The van der Waals surface area contributed by atoms with Gasteiger partial charge in [0.2, 0.25) is 23.4 Å². The molecule has 12 nitrogen and oxygen atoms in total. The zero-order valence-electron chi connectivity index (χ0n) is 44.1. The minimum atomic E-state index is -5.24. The Morgan fingerprint density at radius 3 is 1.46 bits per heavy atom. The van der Waals surface area contributed by atoms with Gasteiger partial charge in [-0.15, -0.1) is 0 Å². The van der Waals surface area contributed by atoms with Gasteiger partial charge < -0.3 is 16.8 Å². The predicted octanol–water partition coefficient (Wildman–Crippen LogP) is 10.7. The van der Waals surface area contributed by atoms with Crippen LogP contribution in [-0.4, -0.2) is 69.8 Å². The number of aromatic amines is 1. The van der Waals surface area contributed by atoms with E-state index in [9.17, 15) is 83.5 Å². The van der Waals surface area contributed by atoms with Crippen molar-refractivity contribution in [3.8, 4) is 0 Å². The number of halogens is 13. The van der Waals surface area contributed by atoms with Gasteiger partial charge in [-0.1, -0.05) is 36.4 Å². The first-order valence-electron chi connectivity index (χ1n) is 25.7. The van der Waals surface area contributed by atoms with E-state index in [1.54, 1.807) is 13.8 Å². The first-order chi connectivity index (χ1) is 37.8. The number of carbonyl (C=O) groups excluding carboxylic acids is 2. The van der Waals surface area contributed by atoms with E-state index in [0.29, 0.717) is 50.3 Å². The number of fused-ring (bicyclic) bond motifs is 6. The van der Waals surface area contributed by atoms with Gasteiger partial charge in [0.25, 0.3) is 5.91 Å². The summed E-state index contributed by atoms with van der Waals surface area (Å²) in [5.41, 5.74) is 3.32. The molecule has 27 heteroatoms. The number of nitrogens with zero attached hydrogens (tertiary/aromatic N) is 2. The molecule has 6 N–H and O–H groups in total. The summed E-state index contributed by atoms with van der Waals surface area (Å²) in [6, 6.07) is 14.0. The molecule has 1 aromatic heterocycles. The molecule has 10 atom stereocenters. The van der Waals surface area contributed by atoms with E-state index in [0.717, 1.165) is 60.7 Å². The number of aryl methyl sites for hydroxylation is 2. The van der Waals surface area contributed by atoms with Crippen molar-refractivity contribution in [2.75, 3.05) is 0 Å². The van der Waals surface area contributed by atoms with E-state index in [1.807, 2.05) is 0 Å². The number of imidazole rings is 1. The molecule has 4 aliphatic rings. The maximum Gasteiger partial charge on any atom is 0.495 e. The number of alkyl halides is 11. The standard InChI is InChI=1S/C30H27F8N3O4S.C25H28F5N3O2S/c1-16(40-25(42)24-14-41(15-39-24)26(43)29(33,34)35)21-11-12-28(46(44,45)20-7-5-19(31)6-8-20)22-10-4-18(27(2,32)30(36,37)38)13-17(22)3-9-23(21)28;1-14(33-22(31)32)19-11-12-24(36(34,35)18-7-5-17(26)6-8-18)20-10-4-16(23(2,27)25(28,29)30)13-15(20)3-9-21(19)24/h4-8,10,13-16,21,23H,3,9,11-12H2,1-2H3,(H,40,42);4-8,10,13-14,19,21H,3,9,11-12H2,1-2H3,(H4,31,32,33)/p+1/t16?,21-,23-,27?,28+;14?,19-,21-,23?,24+/m00/s1. The molecule has 2 fully saturated rings. The van der Waals surface area contributed by atoms with Gasteiger partial charge >= 0.3 is 24.4 Å². The van der Waals surface area contributed by atoms with Crippen LogP contribution in [0.1, 0.15) is 115 Å². The average molecular weight is 1210 g/mol. The van der Waals surface area contributed by atoms with Crippen molar-refractivity contribution in [2.45, 2.75) is 140 Å². The van der Waals surface area contributed by atoms with Crippen molar-refractivity contribution in [3.63, 3.8) is 0 Å². The van der Waals surface area contributed by atoms with Gasteiger partial charge in [0.1, 0.15) is 21.1 Å². The number of benzene rings is 4. The van der Waals surface area contributed by atoms with Crippen molar-refractivity contribution in [2.24, 2.45) is 40.1 Å². The van der Waals surface area contributed by atoms with Crippen LogP contribution in [0.3, 0.4) is 0 Å². The number of nitrogens with one attached hydrogen (secondary N) is 2. The number of hydrogen-bond acceptors (Lipinski definition) is 7. The second-order valence-electron chi connectivity index (χ2n) is 21.7. The number of guanidine groups is 1. The molecule has 4 aromatic carbocycles. The number of nitrogens with two attached hydrogens (primary N) is 2. The predicted molar refractivity (Wildman–Crippen MR) is 271 cm³/mol. The maximum absolute atomic E-state index is 14.9. The Morgan fingerprint density at radius 2 is 1.06 bits per heavy atom. The Hall–Kier alpha value is -6.51. The van der Waals surface area contributed by atoms with Crippen LogP contribution >= 0.6 is 0 Å². The molecule has 9 rings (SSSR count). The number of sulfone groups is 2. The molecular weight excluding hydrogens is 1150 g/mol. The fourth-order valence-corrected chi connectivity index (χ4v) is 18.0. The van der Waals surface area contributed by atoms with Gasteiger partial charge in [-0.2, -0.15) is 44.1 Å². The minimum Gasteiger partial charge on any atom is -0.370 e. The molecule has 444 valence electrons. The van der Waals surface area contributed by atoms with E-state index < -0.39 is 123 Å². The van der Waals surface area contributed by atoms with E-state index >= 15 is 0 Å². The van der Waals surface area contributed by atoms with Gasteiger partial charge in [-0.05, 0) is 185 Å². The number of hydrogen-bond donors (Lipinski definition) is 3. The van der Waals surface area contributed by atoms with Gasteiger partial charge in [-0.3, -0.25) is 9.79 Å². The van der Waals surface area contributed by atoms with E-state index in [1.165, 1.54) is 24.3 Å². The molecule has 0 aliphatic heterocycles. The van der Waals surface area contributed by atoms with Crippen molar-refractivity contribution in [1.29, 1.82) is 0 Å². The average Bonchev–Trinajstić information content (AvgIpc) is 2.35. The maximum atomic E-state index is 14.9. The number of rotatable bonds is 11. The van der Waals surface area contributed by atoms with Crippen molar-refractivity contribution < 1.29 is 88.5 Å². The smallest absolute Gasteiger partial charge is 0.370 e. The quantitative estimate of drug-likeness (QED) is 0.0502. The van der Waals surface area contributed by atoms with Crippen LogP contribution < -0.4 is 21.8 Å². The largest absolute Gasteiger partial charge is 0.495 e. The summed E-state index contributed by atoms with van der Waals surface area (Å²) >= 11 is 0. The van der Waals surface area contributed by atoms with Crippen molar-refractivity contribution >= 4 is 37.4 Å². The van der Waals surface area contributed by atoms with Crippen LogP contribution in [0.5, 0.6) is 0 Å². The Morgan fingerprint density at radius 1 is 0.646 bits per heavy atom. The molecule has 0 spiro atoms. The second kappa shape index (κ2) is 21.3. The van der Waals surface area contributed by atoms with Crippen molar-refractivity contribution in [1.82, 2.24) is 9.88 Å². The van der Waals surface area contributed by atoms with Crippen LogP contribution in [0.4, 0.5) is 57.1 Å². The topological polar surface area (TPSA) is 198 Å². The van der Waals surface area contributed by atoms with E-state index in [4.69, 9.17) is 11.5 Å². The van der Waals surface area contributed by atoms with Crippen LogP contribution in [0, 0.1) is 35.3 Å². The van der Waals surface area contributed by atoms with Gasteiger partial charge in [-0.25, -0.2) is 44.2 Å². The molecule has 5 aromatic rings. The number of amides is 1. The Labute approximate surface area is 462 Å². The summed E-state index contributed by atoms with van der Waals surface area (Å²) in [4.78, 5) is 30.7. The molecular formula is C55H56F13N6O6S2+. The molecule has 0 bridgehead atoms. The van der Waals surface area contributed by atoms with Crippen LogP contribution in [-0.2, 0) is 53.3 Å². The minimum absolute atomic E-state index is 0.0383. The summed E-state index contributed by atoms with van der Waals surface area (Å²) in [7, 11) is -8.54. The zero-order chi connectivity index (χ0) is 60.7. The molecule has 0 radical (unpaired) electrons. The summed E-state index contributed by atoms with van der Waals surface area (Å²) in [6.45, 7) is 4.21. The van der Waals surface area contributed by atoms with Crippen LogP contribution in [0.2, 0.25) is 0 Å². The fourth-order valence-electron chi connectivity index (χ4n) is 13.0. The SMILES string of the molecule is CC(N=C(N)N)[C@@H]1CC[C@@]2(S(=O)(=O)c3ccc(F)cc3)c3ccc(C(C)(F)C(F)(F)F)cc3CC[C@@H]12.CC(NC(=O)c1cn(C(=O)C(F)(F)F)c[nH+]1)[C@@H]1CC[C@@]2(S(=O)(=O)c3ccc(F)cc3)c3ccc(C(C)(F)C(F)(F)F)cc3CC[C@@H]12. The number of carbonyl (C=O) groups is 2. The lowest BCUT2D eigenvalue weighted by Crippen LogP contribution is -2.48. The molecule has 0 saturated heterocycles. The lowest BCUT2D eigenvalue weighted by Gasteiger charge is -2.43. The number of aliphatic imine (C=N–C) groups is 1. The summed E-state index contributed by atoms with van der Waals surface area (Å²) in [5.74, 6) is -6.47. The first-order valence-corrected chi connectivity index (χ1v) is 28.7. The fraction of sp³-hybridized carbons (Fsp3) is 0.455. The third-order valence-electron chi connectivity index (χ3n) is 17.2. The highest BCUT2D eigenvalue weighted by molar-refractivity contribution is 7.92. The lowest BCUT2D eigenvalue weighted by atomic mass is 9.71. The van der Waals surface area contributed by atoms with Gasteiger partial charge in [0.05, 0.1) is 15.8 Å². The van der Waals surface area contributed by atoms with Crippen LogP contribution in [0.15, 0.2) is 112 Å². The summed E-state index contributed by atoms with van der Waals surface area (Å²) in [5, 5.41) is 2.65. The Bertz CT molecular complexity index is 3530. The number of H-pyrrole nitrogens is 1. The highest BCUT2D eigenvalue weighted by Crippen LogP contribution is 2.62. The van der Waals surface area contributed by atoms with E-state index in [2.05, 4.69) is 15.3 Å². The third kappa shape index (κ3) is 10.4. The molecule has 1 amide bonds. The zero-order valence-corrected chi connectivity index (χ0v) is 45.7. The molecule has 1 heterocycles. The van der Waals surface area contributed by atoms with Crippen LogP contribution in [0.25, 0.3) is 0 Å². The van der Waals surface area contributed by atoms with Crippen molar-refractivity contribution in [3.05, 3.63) is 148 Å². The highest BCUT2D eigenvalue weighted by Gasteiger charge is 2.64. The molecule has 4 unspecified atom stereocenters. The normalized spacial score (nSPS) is 24.8. The molecule has 4 aliphatic carbocycles. The lowest BCUT2D eigenvalue weighted by molar-refractivity contribution is -0.380. The first kappa shape index (κ1) is 61.6. The van der Waals surface area contributed by atoms with Gasteiger partial charge in [0, 0.05) is 6.04 Å². The Balaban J connectivity index is 0.000000221. The third-order valence-corrected chi connectivity index (χ3v) is 22.3. The molecule has 82 heavy (non-hydrogen) atoms. The summed E-state index contributed by atoms with van der Waals surface area (Å²) < 4.78 is 231.